The van der Waals surface area contributed by atoms with Crippen LogP contribution in [0, 0.1) is 5.82 Å². The average Bonchev–Trinajstić information content (AvgIpc) is 3.20. The summed E-state index contributed by atoms with van der Waals surface area (Å²) in [5.74, 6) is 1.02. The molecule has 3 heterocycles. The van der Waals surface area contributed by atoms with Crippen LogP contribution >= 0.6 is 0 Å². The molecule has 156 valence electrons. The SMILES string of the molecule is CCC1C(=O)N(C)c2cnc(NCc3cnn(Cc4ccc(F)cc4)c3)nc2N1C. The Morgan fingerprint density at radius 3 is 2.63 bits per heavy atom. The van der Waals surface area contributed by atoms with Crippen molar-refractivity contribution in [2.75, 3.05) is 29.2 Å². The number of carbonyl (C=O) groups excluding carboxylic acids is 1. The zero-order valence-electron chi connectivity index (χ0n) is 17.2. The number of carbonyl (C=O) groups is 1. The van der Waals surface area contributed by atoms with Crippen LogP contribution in [-0.4, -0.2) is 45.8 Å². The fourth-order valence-electron chi connectivity index (χ4n) is 3.59. The first-order valence-corrected chi connectivity index (χ1v) is 9.83. The number of nitrogens with zero attached hydrogens (tertiary/aromatic N) is 6. The predicted octanol–water partition coefficient (Wildman–Crippen LogP) is 2.66. The molecule has 1 atom stereocenters. The highest BCUT2D eigenvalue weighted by Gasteiger charge is 2.34. The van der Waals surface area contributed by atoms with E-state index < -0.39 is 0 Å². The standard InChI is InChI=1S/C21H24FN7O/c1-4-17-20(30)28(3)18-11-24-21(26-19(18)27(17)2)23-9-15-10-25-29(13-15)12-14-5-7-16(22)8-6-14/h5-8,10-11,13,17H,4,9,12H2,1-3H3,(H,23,24,26). The number of hydrogen-bond donors (Lipinski definition) is 1. The molecule has 1 aromatic carbocycles. The quantitative estimate of drug-likeness (QED) is 0.674. The van der Waals surface area contributed by atoms with E-state index in [4.69, 9.17) is 0 Å². The van der Waals surface area contributed by atoms with Crippen molar-refractivity contribution in [3.05, 3.63) is 59.8 Å². The second-order valence-corrected chi connectivity index (χ2v) is 7.36. The summed E-state index contributed by atoms with van der Waals surface area (Å²) in [5, 5.41) is 7.58. The van der Waals surface area contributed by atoms with Gasteiger partial charge in [0.25, 0.3) is 0 Å². The van der Waals surface area contributed by atoms with Gasteiger partial charge >= 0.3 is 0 Å². The summed E-state index contributed by atoms with van der Waals surface area (Å²) >= 11 is 0. The highest BCUT2D eigenvalue weighted by Crippen LogP contribution is 2.33. The molecule has 4 rings (SSSR count). The van der Waals surface area contributed by atoms with Gasteiger partial charge in [0.05, 0.1) is 18.9 Å². The van der Waals surface area contributed by atoms with Crippen LogP contribution in [0.4, 0.5) is 21.8 Å². The maximum absolute atomic E-state index is 13.0. The predicted molar refractivity (Wildman–Crippen MR) is 113 cm³/mol. The smallest absolute Gasteiger partial charge is 0.249 e. The molecule has 1 aliphatic heterocycles. The lowest BCUT2D eigenvalue weighted by molar-refractivity contribution is -0.119. The van der Waals surface area contributed by atoms with Gasteiger partial charge in [0, 0.05) is 32.4 Å². The molecule has 9 heteroatoms. The number of fused-ring (bicyclic) bond motifs is 1. The Hall–Kier alpha value is -3.49. The minimum atomic E-state index is -0.249. The molecule has 2 aromatic heterocycles. The number of hydrogen-bond acceptors (Lipinski definition) is 6. The van der Waals surface area contributed by atoms with Crippen molar-refractivity contribution in [1.82, 2.24) is 19.7 Å². The van der Waals surface area contributed by atoms with Crippen molar-refractivity contribution < 1.29 is 9.18 Å². The number of likely N-dealkylation sites (N-methyl/N-ethyl adjacent to an activating group) is 2. The highest BCUT2D eigenvalue weighted by atomic mass is 19.1. The summed E-state index contributed by atoms with van der Waals surface area (Å²) in [7, 11) is 3.64. The van der Waals surface area contributed by atoms with E-state index in [1.54, 1.807) is 41.2 Å². The molecule has 3 aromatic rings. The number of anilines is 3. The van der Waals surface area contributed by atoms with E-state index >= 15 is 0 Å². The van der Waals surface area contributed by atoms with Crippen molar-refractivity contribution >= 4 is 23.4 Å². The molecule has 0 spiro atoms. The minimum Gasteiger partial charge on any atom is -0.350 e. The number of benzene rings is 1. The maximum Gasteiger partial charge on any atom is 0.249 e. The number of nitrogens with one attached hydrogen (secondary N) is 1. The van der Waals surface area contributed by atoms with Gasteiger partial charge in [0.2, 0.25) is 11.9 Å². The molecule has 1 N–H and O–H groups in total. The summed E-state index contributed by atoms with van der Waals surface area (Å²) in [6.45, 7) is 3.07. The van der Waals surface area contributed by atoms with Gasteiger partial charge in [-0.3, -0.25) is 9.48 Å². The van der Waals surface area contributed by atoms with Crippen molar-refractivity contribution in [3.63, 3.8) is 0 Å². The molecule has 8 nitrogen and oxygen atoms in total. The Bertz CT molecular complexity index is 1050. The molecule has 0 saturated heterocycles. The van der Waals surface area contributed by atoms with E-state index in [1.807, 2.05) is 25.1 Å². The van der Waals surface area contributed by atoms with Gasteiger partial charge < -0.3 is 15.1 Å². The molecule has 0 aliphatic carbocycles. The zero-order valence-corrected chi connectivity index (χ0v) is 17.2. The Morgan fingerprint density at radius 1 is 1.13 bits per heavy atom. The van der Waals surface area contributed by atoms with Crippen molar-refractivity contribution in [3.8, 4) is 0 Å². The van der Waals surface area contributed by atoms with Gasteiger partial charge in [-0.05, 0) is 24.1 Å². The Morgan fingerprint density at radius 2 is 1.90 bits per heavy atom. The molecule has 1 aliphatic rings. The number of amides is 1. The van der Waals surface area contributed by atoms with Gasteiger partial charge in [-0.1, -0.05) is 19.1 Å². The van der Waals surface area contributed by atoms with Crippen LogP contribution in [0.15, 0.2) is 42.9 Å². The first kappa shape index (κ1) is 19.8. The molecule has 1 unspecified atom stereocenters. The van der Waals surface area contributed by atoms with E-state index in [-0.39, 0.29) is 17.8 Å². The van der Waals surface area contributed by atoms with Crippen LogP contribution in [0.2, 0.25) is 0 Å². The molecular formula is C21H24FN7O. The van der Waals surface area contributed by atoms with Crippen LogP contribution in [0.1, 0.15) is 24.5 Å². The van der Waals surface area contributed by atoms with Crippen molar-refractivity contribution in [1.29, 1.82) is 0 Å². The van der Waals surface area contributed by atoms with Gasteiger partial charge in [0.15, 0.2) is 5.82 Å². The molecule has 1 amide bonds. The van der Waals surface area contributed by atoms with Crippen LogP contribution < -0.4 is 15.1 Å². The molecule has 0 saturated carbocycles. The summed E-state index contributed by atoms with van der Waals surface area (Å²) < 4.78 is 14.8. The molecule has 0 radical (unpaired) electrons. The fraction of sp³-hybridized carbons (Fsp3) is 0.333. The number of halogens is 1. The van der Waals surface area contributed by atoms with E-state index in [0.717, 1.165) is 16.9 Å². The lowest BCUT2D eigenvalue weighted by Gasteiger charge is -2.37. The van der Waals surface area contributed by atoms with Crippen LogP contribution in [0.5, 0.6) is 0 Å². The lowest BCUT2D eigenvalue weighted by Crippen LogP contribution is -2.50. The highest BCUT2D eigenvalue weighted by molar-refractivity contribution is 6.04. The van der Waals surface area contributed by atoms with Crippen molar-refractivity contribution in [2.45, 2.75) is 32.5 Å². The van der Waals surface area contributed by atoms with Gasteiger partial charge in [-0.25, -0.2) is 9.37 Å². The maximum atomic E-state index is 13.0. The second-order valence-electron chi connectivity index (χ2n) is 7.36. The van der Waals surface area contributed by atoms with E-state index in [0.29, 0.717) is 31.1 Å². The third-order valence-electron chi connectivity index (χ3n) is 5.31. The summed E-state index contributed by atoms with van der Waals surface area (Å²) in [5.41, 5.74) is 2.65. The summed E-state index contributed by atoms with van der Waals surface area (Å²) in [4.78, 5) is 25.0. The average molecular weight is 409 g/mol. The molecule has 30 heavy (non-hydrogen) atoms. The van der Waals surface area contributed by atoms with Crippen LogP contribution in [0.25, 0.3) is 0 Å². The molecule has 0 fully saturated rings. The van der Waals surface area contributed by atoms with Gasteiger partial charge in [-0.15, -0.1) is 0 Å². The second kappa shape index (κ2) is 8.10. The number of rotatable bonds is 6. The zero-order chi connectivity index (χ0) is 21.3. The van der Waals surface area contributed by atoms with Crippen LogP contribution in [-0.2, 0) is 17.9 Å². The Labute approximate surface area is 174 Å². The van der Waals surface area contributed by atoms with Crippen molar-refractivity contribution in [2.24, 2.45) is 0 Å². The number of aromatic nitrogens is 4. The summed E-state index contributed by atoms with van der Waals surface area (Å²) in [6, 6.07) is 6.16. The first-order chi connectivity index (χ1) is 14.5. The van der Waals surface area contributed by atoms with E-state index in [2.05, 4.69) is 20.4 Å². The van der Waals surface area contributed by atoms with Gasteiger partial charge in [-0.2, -0.15) is 10.1 Å². The minimum absolute atomic E-state index is 0.0466. The van der Waals surface area contributed by atoms with Gasteiger partial charge in [0.1, 0.15) is 17.5 Å². The third kappa shape index (κ3) is 3.83. The third-order valence-corrected chi connectivity index (χ3v) is 5.31. The summed E-state index contributed by atoms with van der Waals surface area (Å²) in [6.07, 6.45) is 6.09. The Kier molecular flexibility index (Phi) is 5.35. The largest absolute Gasteiger partial charge is 0.350 e. The molecule has 0 bridgehead atoms. The normalized spacial score (nSPS) is 16.0. The topological polar surface area (TPSA) is 79.2 Å². The van der Waals surface area contributed by atoms with Crippen LogP contribution in [0.3, 0.4) is 0 Å². The fourth-order valence-corrected chi connectivity index (χ4v) is 3.59. The van der Waals surface area contributed by atoms with E-state index in [1.165, 1.54) is 12.1 Å². The first-order valence-electron chi connectivity index (χ1n) is 9.83. The Balaban J connectivity index is 1.44. The molecular weight excluding hydrogens is 385 g/mol. The monoisotopic (exact) mass is 409 g/mol. The van der Waals surface area contributed by atoms with E-state index in [9.17, 15) is 9.18 Å². The lowest BCUT2D eigenvalue weighted by atomic mass is 10.1.